The monoisotopic (exact) mass is 386 g/mol. The van der Waals surface area contributed by atoms with Gasteiger partial charge in [0.2, 0.25) is 5.91 Å². The average Bonchev–Trinajstić information content (AvgIpc) is 3.39. The average molecular weight is 386 g/mol. The minimum Gasteiger partial charge on any atom is -0.467 e. The SMILES string of the molecule is CC(NC(=O)c1cc([N+](=O)[O-])ccc1N1CCCC1)C(=O)NCc1ccco1. The predicted molar refractivity (Wildman–Crippen MR) is 102 cm³/mol. The van der Waals surface area contributed by atoms with Crippen molar-refractivity contribution in [3.8, 4) is 0 Å². The van der Waals surface area contributed by atoms with Gasteiger partial charge < -0.3 is 20.0 Å². The largest absolute Gasteiger partial charge is 0.467 e. The van der Waals surface area contributed by atoms with Crippen LogP contribution < -0.4 is 15.5 Å². The Morgan fingerprint density at radius 2 is 2.04 bits per heavy atom. The third kappa shape index (κ3) is 4.48. The third-order valence-electron chi connectivity index (χ3n) is 4.64. The van der Waals surface area contributed by atoms with Crippen LogP contribution in [-0.2, 0) is 11.3 Å². The molecule has 0 spiro atoms. The molecule has 0 saturated carbocycles. The smallest absolute Gasteiger partial charge is 0.270 e. The first-order valence-electron chi connectivity index (χ1n) is 9.10. The quantitative estimate of drug-likeness (QED) is 0.556. The minimum absolute atomic E-state index is 0.164. The molecule has 2 amide bonds. The number of carbonyl (C=O) groups excluding carboxylic acids is 2. The molecule has 148 valence electrons. The van der Waals surface area contributed by atoms with E-state index in [0.717, 1.165) is 25.9 Å². The molecule has 0 radical (unpaired) electrons. The van der Waals surface area contributed by atoms with Crippen LogP contribution in [0.4, 0.5) is 11.4 Å². The molecule has 1 unspecified atom stereocenters. The van der Waals surface area contributed by atoms with Crippen LogP contribution in [-0.4, -0.2) is 35.9 Å². The number of nitro groups is 1. The van der Waals surface area contributed by atoms with Crippen molar-refractivity contribution in [2.45, 2.75) is 32.4 Å². The van der Waals surface area contributed by atoms with Gasteiger partial charge in [-0.05, 0) is 38.0 Å². The number of amides is 2. The van der Waals surface area contributed by atoms with Crippen LogP contribution in [0.3, 0.4) is 0 Å². The van der Waals surface area contributed by atoms with Gasteiger partial charge in [-0.2, -0.15) is 0 Å². The number of nitro benzene ring substituents is 1. The molecule has 1 atom stereocenters. The molecule has 1 aliphatic rings. The zero-order chi connectivity index (χ0) is 20.1. The minimum atomic E-state index is -0.812. The molecule has 1 fully saturated rings. The van der Waals surface area contributed by atoms with E-state index in [1.807, 2.05) is 4.90 Å². The summed E-state index contributed by atoms with van der Waals surface area (Å²) in [6.07, 6.45) is 3.52. The van der Waals surface area contributed by atoms with Crippen LogP contribution >= 0.6 is 0 Å². The second kappa shape index (κ2) is 8.55. The maximum Gasteiger partial charge on any atom is 0.270 e. The molecule has 1 aromatic heterocycles. The van der Waals surface area contributed by atoms with Crippen molar-refractivity contribution in [3.05, 3.63) is 58.0 Å². The number of hydrogen-bond acceptors (Lipinski definition) is 6. The first-order valence-corrected chi connectivity index (χ1v) is 9.10. The summed E-state index contributed by atoms with van der Waals surface area (Å²) in [7, 11) is 0. The summed E-state index contributed by atoms with van der Waals surface area (Å²) in [4.78, 5) is 37.6. The zero-order valence-electron chi connectivity index (χ0n) is 15.5. The number of hydrogen-bond donors (Lipinski definition) is 2. The number of benzene rings is 1. The number of furan rings is 1. The topological polar surface area (TPSA) is 118 Å². The van der Waals surface area contributed by atoms with E-state index >= 15 is 0 Å². The van der Waals surface area contributed by atoms with Crippen LogP contribution in [0.2, 0.25) is 0 Å². The molecule has 1 aromatic carbocycles. The summed E-state index contributed by atoms with van der Waals surface area (Å²) in [5.41, 5.74) is 0.675. The Hall–Kier alpha value is -3.36. The highest BCUT2D eigenvalue weighted by Gasteiger charge is 2.24. The van der Waals surface area contributed by atoms with Crippen molar-refractivity contribution in [2.24, 2.45) is 0 Å². The Morgan fingerprint density at radius 1 is 1.29 bits per heavy atom. The number of rotatable bonds is 7. The molecule has 2 N–H and O–H groups in total. The number of nitrogens with one attached hydrogen (secondary N) is 2. The van der Waals surface area contributed by atoms with Crippen molar-refractivity contribution in [3.63, 3.8) is 0 Å². The lowest BCUT2D eigenvalue weighted by Crippen LogP contribution is -2.44. The van der Waals surface area contributed by atoms with E-state index < -0.39 is 16.9 Å². The Balaban J connectivity index is 1.71. The Bertz CT molecular complexity index is 859. The standard InChI is InChI=1S/C19H22N4O5/c1-13(18(24)20-12-15-5-4-10-28-15)21-19(25)16-11-14(23(26)27)6-7-17(16)22-8-2-3-9-22/h4-7,10-11,13H,2-3,8-9,12H2,1H3,(H,20,24)(H,21,25). The van der Waals surface area contributed by atoms with Crippen LogP contribution in [0.5, 0.6) is 0 Å². The van der Waals surface area contributed by atoms with Gasteiger partial charge >= 0.3 is 0 Å². The molecule has 9 heteroatoms. The third-order valence-corrected chi connectivity index (χ3v) is 4.64. The summed E-state index contributed by atoms with van der Waals surface area (Å²) < 4.78 is 5.15. The maximum atomic E-state index is 12.8. The van der Waals surface area contributed by atoms with Gasteiger partial charge in [-0.3, -0.25) is 19.7 Å². The molecule has 2 heterocycles. The maximum absolute atomic E-state index is 12.8. The second-order valence-corrected chi connectivity index (χ2v) is 6.65. The molecular formula is C19H22N4O5. The fraction of sp³-hybridized carbons (Fsp3) is 0.368. The molecule has 2 aromatic rings. The number of carbonyl (C=O) groups is 2. The van der Waals surface area contributed by atoms with E-state index in [4.69, 9.17) is 4.42 Å². The summed E-state index contributed by atoms with van der Waals surface area (Å²) in [6, 6.07) is 6.89. The van der Waals surface area contributed by atoms with E-state index in [2.05, 4.69) is 10.6 Å². The van der Waals surface area contributed by atoms with Crippen LogP contribution in [0, 0.1) is 10.1 Å². The lowest BCUT2D eigenvalue weighted by molar-refractivity contribution is -0.384. The highest BCUT2D eigenvalue weighted by molar-refractivity contribution is 6.02. The number of nitrogens with zero attached hydrogens (tertiary/aromatic N) is 2. The zero-order valence-corrected chi connectivity index (χ0v) is 15.5. The molecule has 0 aliphatic carbocycles. The Morgan fingerprint density at radius 3 is 2.68 bits per heavy atom. The van der Waals surface area contributed by atoms with Crippen molar-refractivity contribution in [1.29, 1.82) is 0 Å². The van der Waals surface area contributed by atoms with Gasteiger partial charge in [0.15, 0.2) is 0 Å². The Kier molecular flexibility index (Phi) is 5.93. The fourth-order valence-corrected chi connectivity index (χ4v) is 3.13. The van der Waals surface area contributed by atoms with Gasteiger partial charge in [-0.1, -0.05) is 0 Å². The van der Waals surface area contributed by atoms with Crippen molar-refractivity contribution in [2.75, 3.05) is 18.0 Å². The molecule has 1 aliphatic heterocycles. The Labute approximate surface area is 161 Å². The molecule has 1 saturated heterocycles. The van der Waals surface area contributed by atoms with Gasteiger partial charge in [0.05, 0.1) is 29.0 Å². The summed E-state index contributed by atoms with van der Waals surface area (Å²) in [5, 5.41) is 16.4. The fourth-order valence-electron chi connectivity index (χ4n) is 3.13. The van der Waals surface area contributed by atoms with Gasteiger partial charge in [0, 0.05) is 25.2 Å². The van der Waals surface area contributed by atoms with E-state index in [1.54, 1.807) is 25.1 Å². The lowest BCUT2D eigenvalue weighted by Gasteiger charge is -2.22. The number of anilines is 1. The highest BCUT2D eigenvalue weighted by atomic mass is 16.6. The van der Waals surface area contributed by atoms with Gasteiger partial charge in [-0.15, -0.1) is 0 Å². The normalized spacial score (nSPS) is 14.5. The first-order chi connectivity index (χ1) is 13.5. The van der Waals surface area contributed by atoms with E-state index in [-0.39, 0.29) is 23.7 Å². The molecule has 0 bridgehead atoms. The number of non-ortho nitro benzene ring substituents is 1. The lowest BCUT2D eigenvalue weighted by atomic mass is 10.1. The van der Waals surface area contributed by atoms with Crippen LogP contribution in [0.15, 0.2) is 41.0 Å². The molecule has 28 heavy (non-hydrogen) atoms. The predicted octanol–water partition coefficient (Wildman–Crippen LogP) is 2.22. The van der Waals surface area contributed by atoms with Gasteiger partial charge in [0.25, 0.3) is 11.6 Å². The summed E-state index contributed by atoms with van der Waals surface area (Å²) >= 11 is 0. The summed E-state index contributed by atoms with van der Waals surface area (Å²) in [5.74, 6) is -0.300. The van der Waals surface area contributed by atoms with Gasteiger partial charge in [-0.25, -0.2) is 0 Å². The van der Waals surface area contributed by atoms with Crippen LogP contribution in [0.25, 0.3) is 0 Å². The first kappa shape index (κ1) is 19.4. The van der Waals surface area contributed by atoms with Gasteiger partial charge in [0.1, 0.15) is 11.8 Å². The van der Waals surface area contributed by atoms with Crippen LogP contribution in [0.1, 0.15) is 35.9 Å². The molecule has 9 nitrogen and oxygen atoms in total. The van der Waals surface area contributed by atoms with Crippen molar-refractivity contribution >= 4 is 23.2 Å². The second-order valence-electron chi connectivity index (χ2n) is 6.65. The highest BCUT2D eigenvalue weighted by Crippen LogP contribution is 2.28. The molecular weight excluding hydrogens is 364 g/mol. The summed E-state index contributed by atoms with van der Waals surface area (Å²) in [6.45, 7) is 3.35. The van der Waals surface area contributed by atoms with Crippen molar-refractivity contribution in [1.82, 2.24) is 10.6 Å². The van der Waals surface area contributed by atoms with Crippen molar-refractivity contribution < 1.29 is 18.9 Å². The van der Waals surface area contributed by atoms with E-state index in [1.165, 1.54) is 18.4 Å². The van der Waals surface area contributed by atoms with E-state index in [0.29, 0.717) is 11.4 Å². The van der Waals surface area contributed by atoms with E-state index in [9.17, 15) is 19.7 Å². The molecule has 3 rings (SSSR count).